The largest absolute Gasteiger partial charge is 0.463 e. The summed E-state index contributed by atoms with van der Waals surface area (Å²) in [7, 11) is 0. The minimum absolute atomic E-state index is 0.000440. The lowest BCUT2D eigenvalue weighted by atomic mass is 9.98. The first-order chi connectivity index (χ1) is 6.81. The molecule has 0 unspecified atom stereocenters. The second-order valence-electron chi connectivity index (χ2n) is 5.09. The number of carbonyl (C=O) groups is 1. The van der Waals surface area contributed by atoms with E-state index in [0.29, 0.717) is 6.42 Å². The van der Waals surface area contributed by atoms with Gasteiger partial charge in [-0.3, -0.25) is 4.79 Å². The fraction of sp³-hybridized carbons (Fsp3) is 0.917. The first-order valence-corrected chi connectivity index (χ1v) is 5.79. The van der Waals surface area contributed by atoms with Gasteiger partial charge in [0.1, 0.15) is 0 Å². The van der Waals surface area contributed by atoms with Crippen LogP contribution in [0.1, 0.15) is 59.8 Å². The minimum Gasteiger partial charge on any atom is -0.463 e. The van der Waals surface area contributed by atoms with Gasteiger partial charge in [0, 0.05) is 12.0 Å². The van der Waals surface area contributed by atoms with Crippen molar-refractivity contribution in [2.75, 3.05) is 0 Å². The standard InChI is InChI=1S/C12H25NO2/c1-10(2)15-11(14)8-6-5-7-9-12(3,4)13/h10H,5-9,13H2,1-4H3. The third kappa shape index (κ3) is 11.4. The summed E-state index contributed by atoms with van der Waals surface area (Å²) in [6, 6.07) is 0. The molecule has 3 nitrogen and oxygen atoms in total. The number of nitrogens with two attached hydrogens (primary N) is 1. The molecule has 0 saturated carbocycles. The minimum atomic E-state index is -0.0861. The van der Waals surface area contributed by atoms with Crippen molar-refractivity contribution >= 4 is 5.97 Å². The summed E-state index contributed by atoms with van der Waals surface area (Å²) >= 11 is 0. The second-order valence-corrected chi connectivity index (χ2v) is 5.09. The lowest BCUT2D eigenvalue weighted by Crippen LogP contribution is -2.31. The third-order valence-corrected chi connectivity index (χ3v) is 2.07. The quantitative estimate of drug-likeness (QED) is 0.524. The molecule has 90 valence electrons. The fourth-order valence-corrected chi connectivity index (χ4v) is 1.35. The van der Waals surface area contributed by atoms with Gasteiger partial charge in [-0.05, 0) is 40.5 Å². The van der Waals surface area contributed by atoms with Crippen LogP contribution in [0.3, 0.4) is 0 Å². The maximum Gasteiger partial charge on any atom is 0.306 e. The van der Waals surface area contributed by atoms with Crippen molar-refractivity contribution in [3.8, 4) is 0 Å². The number of unbranched alkanes of at least 4 members (excludes halogenated alkanes) is 2. The molecule has 0 radical (unpaired) electrons. The van der Waals surface area contributed by atoms with Gasteiger partial charge in [-0.2, -0.15) is 0 Å². The molecule has 15 heavy (non-hydrogen) atoms. The number of hydrogen-bond acceptors (Lipinski definition) is 3. The lowest BCUT2D eigenvalue weighted by molar-refractivity contribution is -0.147. The van der Waals surface area contributed by atoms with Gasteiger partial charge >= 0.3 is 5.97 Å². The van der Waals surface area contributed by atoms with Crippen LogP contribution in [0.25, 0.3) is 0 Å². The van der Waals surface area contributed by atoms with Crippen LogP contribution in [0.2, 0.25) is 0 Å². The Hall–Kier alpha value is -0.570. The monoisotopic (exact) mass is 215 g/mol. The summed E-state index contributed by atoms with van der Waals surface area (Å²) in [4.78, 5) is 11.2. The summed E-state index contributed by atoms with van der Waals surface area (Å²) < 4.78 is 5.03. The summed E-state index contributed by atoms with van der Waals surface area (Å²) in [5.74, 6) is -0.0861. The van der Waals surface area contributed by atoms with E-state index >= 15 is 0 Å². The van der Waals surface area contributed by atoms with Crippen LogP contribution in [-0.2, 0) is 9.53 Å². The van der Waals surface area contributed by atoms with E-state index < -0.39 is 0 Å². The molecule has 3 heteroatoms. The van der Waals surface area contributed by atoms with Crippen molar-refractivity contribution in [2.45, 2.75) is 71.4 Å². The molecule has 0 aromatic rings. The van der Waals surface area contributed by atoms with Crippen LogP contribution in [-0.4, -0.2) is 17.6 Å². The van der Waals surface area contributed by atoms with Gasteiger partial charge in [0.15, 0.2) is 0 Å². The van der Waals surface area contributed by atoms with Gasteiger partial charge in [0.2, 0.25) is 0 Å². The first-order valence-electron chi connectivity index (χ1n) is 5.79. The normalized spacial score (nSPS) is 11.9. The van der Waals surface area contributed by atoms with Crippen LogP contribution in [0.15, 0.2) is 0 Å². The Bertz CT molecular complexity index is 183. The predicted octanol–water partition coefficient (Wildman–Crippen LogP) is 2.63. The fourth-order valence-electron chi connectivity index (χ4n) is 1.35. The van der Waals surface area contributed by atoms with Crippen LogP contribution in [0.5, 0.6) is 0 Å². The molecular formula is C12H25NO2. The molecule has 0 heterocycles. The molecule has 0 bridgehead atoms. The Morgan fingerprint density at radius 1 is 1.27 bits per heavy atom. The van der Waals surface area contributed by atoms with E-state index in [9.17, 15) is 4.79 Å². The molecular weight excluding hydrogens is 190 g/mol. The Balaban J connectivity index is 3.35. The van der Waals surface area contributed by atoms with Crippen LogP contribution < -0.4 is 5.73 Å². The van der Waals surface area contributed by atoms with Crippen LogP contribution in [0.4, 0.5) is 0 Å². The van der Waals surface area contributed by atoms with Crippen LogP contribution >= 0.6 is 0 Å². The van der Waals surface area contributed by atoms with E-state index in [1.807, 2.05) is 27.7 Å². The van der Waals surface area contributed by atoms with E-state index in [-0.39, 0.29) is 17.6 Å². The highest BCUT2D eigenvalue weighted by atomic mass is 16.5. The zero-order valence-electron chi connectivity index (χ0n) is 10.5. The Morgan fingerprint density at radius 3 is 2.33 bits per heavy atom. The summed E-state index contributed by atoms with van der Waals surface area (Å²) in [6.45, 7) is 7.80. The van der Waals surface area contributed by atoms with Crippen molar-refractivity contribution in [1.82, 2.24) is 0 Å². The number of carbonyl (C=O) groups excluding carboxylic acids is 1. The smallest absolute Gasteiger partial charge is 0.306 e. The van der Waals surface area contributed by atoms with Crippen LogP contribution in [0, 0.1) is 0 Å². The summed E-state index contributed by atoms with van der Waals surface area (Å²) in [5.41, 5.74) is 5.77. The number of hydrogen-bond donors (Lipinski definition) is 1. The maximum absolute atomic E-state index is 11.2. The molecule has 0 atom stereocenters. The van der Waals surface area contributed by atoms with E-state index in [1.165, 1.54) is 0 Å². The number of esters is 1. The van der Waals surface area contributed by atoms with Crippen molar-refractivity contribution in [3.05, 3.63) is 0 Å². The molecule has 0 aliphatic rings. The SMILES string of the molecule is CC(C)OC(=O)CCCCCC(C)(C)N. The summed E-state index contributed by atoms with van der Waals surface area (Å²) in [6.07, 6.45) is 4.57. The molecule has 0 aromatic heterocycles. The van der Waals surface area contributed by atoms with Crippen molar-refractivity contribution in [1.29, 1.82) is 0 Å². The Labute approximate surface area is 93.4 Å². The topological polar surface area (TPSA) is 52.3 Å². The first kappa shape index (κ1) is 14.4. The van der Waals surface area contributed by atoms with Crippen molar-refractivity contribution in [3.63, 3.8) is 0 Å². The maximum atomic E-state index is 11.2. The van der Waals surface area contributed by atoms with Crippen molar-refractivity contribution in [2.24, 2.45) is 5.73 Å². The van der Waals surface area contributed by atoms with E-state index in [0.717, 1.165) is 25.7 Å². The highest BCUT2D eigenvalue weighted by Crippen LogP contribution is 2.12. The zero-order valence-corrected chi connectivity index (χ0v) is 10.5. The highest BCUT2D eigenvalue weighted by Gasteiger charge is 2.10. The van der Waals surface area contributed by atoms with Gasteiger partial charge < -0.3 is 10.5 Å². The molecule has 0 aliphatic heterocycles. The lowest BCUT2D eigenvalue weighted by Gasteiger charge is -2.17. The van der Waals surface area contributed by atoms with E-state index in [2.05, 4.69) is 0 Å². The van der Waals surface area contributed by atoms with E-state index in [1.54, 1.807) is 0 Å². The number of rotatable bonds is 7. The number of ether oxygens (including phenoxy) is 1. The predicted molar refractivity (Wildman–Crippen MR) is 62.6 cm³/mol. The molecule has 0 amide bonds. The third-order valence-electron chi connectivity index (χ3n) is 2.07. The van der Waals surface area contributed by atoms with Gasteiger partial charge in [-0.1, -0.05) is 12.8 Å². The van der Waals surface area contributed by atoms with Gasteiger partial charge in [0.25, 0.3) is 0 Å². The molecule has 2 N–H and O–H groups in total. The average Bonchev–Trinajstić information content (AvgIpc) is 1.99. The molecule has 0 aliphatic carbocycles. The average molecular weight is 215 g/mol. The molecule has 0 fully saturated rings. The van der Waals surface area contributed by atoms with Gasteiger partial charge in [-0.25, -0.2) is 0 Å². The van der Waals surface area contributed by atoms with E-state index in [4.69, 9.17) is 10.5 Å². The molecule has 0 saturated heterocycles. The molecule has 0 spiro atoms. The molecule has 0 rings (SSSR count). The second kappa shape index (κ2) is 6.83. The zero-order chi connectivity index (χ0) is 11.9. The van der Waals surface area contributed by atoms with Gasteiger partial charge in [0.05, 0.1) is 6.10 Å². The Kier molecular flexibility index (Phi) is 6.57. The molecule has 0 aromatic carbocycles. The van der Waals surface area contributed by atoms with Crippen molar-refractivity contribution < 1.29 is 9.53 Å². The highest BCUT2D eigenvalue weighted by molar-refractivity contribution is 5.69. The Morgan fingerprint density at radius 2 is 1.87 bits per heavy atom. The van der Waals surface area contributed by atoms with Gasteiger partial charge in [-0.15, -0.1) is 0 Å². The summed E-state index contributed by atoms with van der Waals surface area (Å²) in [5, 5.41) is 0.